The highest BCUT2D eigenvalue weighted by molar-refractivity contribution is 6.74. The molecule has 2 rings (SSSR count). The number of nitrogens with zero attached hydrogens (tertiary/aromatic N) is 1. The number of nitro benzene ring substituents is 1. The fourth-order valence-electron chi connectivity index (χ4n) is 2.12. The lowest BCUT2D eigenvalue weighted by Gasteiger charge is -2.36. The highest BCUT2D eigenvalue weighted by atomic mass is 35.5. The Hall–Kier alpha value is -2.64. The molecule has 8 heteroatoms. The zero-order valence-electron chi connectivity index (χ0n) is 17.1. The van der Waals surface area contributed by atoms with Gasteiger partial charge in [-0.1, -0.05) is 44.5 Å². The second kappa shape index (κ2) is 8.80. The summed E-state index contributed by atoms with van der Waals surface area (Å²) in [5.41, 5.74) is 0.404. The Bertz CT molecular complexity index is 933. The molecule has 0 saturated carbocycles. The van der Waals surface area contributed by atoms with E-state index in [4.69, 9.17) is 20.8 Å². The predicted molar refractivity (Wildman–Crippen MR) is 117 cm³/mol. The second-order valence-electron chi connectivity index (χ2n) is 8.05. The Labute approximate surface area is 176 Å². The summed E-state index contributed by atoms with van der Waals surface area (Å²) in [6.07, 6.45) is 2.78. The van der Waals surface area contributed by atoms with Gasteiger partial charge in [0.25, 0.3) is 0 Å². The molecule has 2 aromatic carbocycles. The van der Waals surface area contributed by atoms with Gasteiger partial charge in [0.05, 0.1) is 4.92 Å². The maximum Gasteiger partial charge on any atom is 0.336 e. The number of esters is 1. The van der Waals surface area contributed by atoms with Gasteiger partial charge >= 0.3 is 11.7 Å². The molecule has 0 heterocycles. The number of nitro groups is 1. The molecule has 0 atom stereocenters. The first-order valence-corrected chi connectivity index (χ1v) is 12.3. The Balaban J connectivity index is 2.05. The minimum atomic E-state index is -1.92. The van der Waals surface area contributed by atoms with Crippen molar-refractivity contribution < 1.29 is 18.9 Å². The number of hydrogen-bond acceptors (Lipinski definition) is 5. The summed E-state index contributed by atoms with van der Waals surface area (Å²) in [6.45, 7) is 10.9. The summed E-state index contributed by atoms with van der Waals surface area (Å²) in [4.78, 5) is 22.4. The van der Waals surface area contributed by atoms with Crippen LogP contribution in [0.5, 0.6) is 11.5 Å². The maximum atomic E-state index is 12.0. The molecule has 0 unspecified atom stereocenters. The summed E-state index contributed by atoms with van der Waals surface area (Å²) in [5.74, 6) is -0.0997. The smallest absolute Gasteiger partial charge is 0.336 e. The van der Waals surface area contributed by atoms with Gasteiger partial charge in [-0.2, -0.15) is 0 Å². The first-order chi connectivity index (χ1) is 13.4. The number of rotatable bonds is 6. The molecule has 0 aliphatic heterocycles. The SMILES string of the molecule is CC(C)(C)[Si](C)(C)Oc1ccc(/C=C/C(=O)Oc2ccc(Cl)cc2[N+](=O)[O-])cc1. The van der Waals surface area contributed by atoms with E-state index < -0.39 is 19.2 Å². The van der Waals surface area contributed by atoms with Crippen molar-refractivity contribution in [3.63, 3.8) is 0 Å². The normalized spacial score (nSPS) is 12.1. The molecule has 0 aliphatic carbocycles. The molecule has 0 N–H and O–H groups in total. The van der Waals surface area contributed by atoms with E-state index >= 15 is 0 Å². The lowest BCUT2D eigenvalue weighted by atomic mass is 10.2. The van der Waals surface area contributed by atoms with Crippen LogP contribution in [0.2, 0.25) is 23.2 Å². The zero-order valence-corrected chi connectivity index (χ0v) is 18.8. The van der Waals surface area contributed by atoms with E-state index in [0.29, 0.717) is 0 Å². The van der Waals surface area contributed by atoms with Gasteiger partial charge in [-0.25, -0.2) is 4.79 Å². The van der Waals surface area contributed by atoms with Crippen LogP contribution < -0.4 is 9.16 Å². The summed E-state index contributed by atoms with van der Waals surface area (Å²) in [7, 11) is -1.92. The van der Waals surface area contributed by atoms with Gasteiger partial charge in [-0.3, -0.25) is 10.1 Å². The fraction of sp³-hybridized carbons (Fsp3) is 0.286. The summed E-state index contributed by atoms with van der Waals surface area (Å²) < 4.78 is 11.3. The van der Waals surface area contributed by atoms with Crippen molar-refractivity contribution in [2.45, 2.75) is 38.9 Å². The highest BCUT2D eigenvalue weighted by Gasteiger charge is 2.38. The van der Waals surface area contributed by atoms with Gasteiger partial charge in [0.2, 0.25) is 14.1 Å². The molecule has 2 aromatic rings. The van der Waals surface area contributed by atoms with Crippen molar-refractivity contribution >= 4 is 37.7 Å². The van der Waals surface area contributed by atoms with Crippen LogP contribution in [0, 0.1) is 10.1 Å². The number of benzene rings is 2. The molecule has 0 saturated heterocycles. The number of hydrogen-bond donors (Lipinski definition) is 0. The maximum absolute atomic E-state index is 12.0. The van der Waals surface area contributed by atoms with Gasteiger partial charge in [0, 0.05) is 17.2 Å². The minimum Gasteiger partial charge on any atom is -0.544 e. The third-order valence-electron chi connectivity index (χ3n) is 4.80. The molecular formula is C21H24ClNO5Si. The van der Waals surface area contributed by atoms with Gasteiger partial charge in [-0.15, -0.1) is 0 Å². The Kier molecular flexibility index (Phi) is 6.87. The fourth-order valence-corrected chi connectivity index (χ4v) is 3.32. The molecule has 0 radical (unpaired) electrons. The number of ether oxygens (including phenoxy) is 1. The molecule has 0 aromatic heterocycles. The van der Waals surface area contributed by atoms with Crippen LogP contribution in [0.25, 0.3) is 6.08 Å². The topological polar surface area (TPSA) is 78.7 Å². The largest absolute Gasteiger partial charge is 0.544 e. The lowest BCUT2D eigenvalue weighted by Crippen LogP contribution is -2.43. The number of halogens is 1. The molecule has 154 valence electrons. The molecule has 29 heavy (non-hydrogen) atoms. The van der Waals surface area contributed by atoms with Crippen molar-refractivity contribution in [3.05, 3.63) is 69.2 Å². The van der Waals surface area contributed by atoms with Crippen molar-refractivity contribution in [2.24, 2.45) is 0 Å². The first-order valence-electron chi connectivity index (χ1n) is 9.02. The Morgan fingerprint density at radius 3 is 2.31 bits per heavy atom. The zero-order chi connectivity index (χ0) is 21.8. The molecule has 0 fully saturated rings. The van der Waals surface area contributed by atoms with Gasteiger partial charge in [0.1, 0.15) is 5.75 Å². The molecular weight excluding hydrogens is 410 g/mol. The van der Waals surface area contributed by atoms with Crippen molar-refractivity contribution in [1.29, 1.82) is 0 Å². The monoisotopic (exact) mass is 433 g/mol. The summed E-state index contributed by atoms with van der Waals surface area (Å²) >= 11 is 5.75. The third kappa shape index (κ3) is 6.17. The van der Waals surface area contributed by atoms with Crippen molar-refractivity contribution in [1.82, 2.24) is 0 Å². The van der Waals surface area contributed by atoms with E-state index in [1.807, 2.05) is 24.3 Å². The van der Waals surface area contributed by atoms with E-state index in [1.54, 1.807) is 6.08 Å². The van der Waals surface area contributed by atoms with E-state index in [-0.39, 0.29) is 21.5 Å². The third-order valence-corrected chi connectivity index (χ3v) is 9.39. The highest BCUT2D eigenvalue weighted by Crippen LogP contribution is 2.37. The summed E-state index contributed by atoms with van der Waals surface area (Å²) in [6, 6.07) is 11.2. The second-order valence-corrected chi connectivity index (χ2v) is 13.2. The first kappa shape index (κ1) is 22.6. The average Bonchev–Trinajstić information content (AvgIpc) is 2.61. The quantitative estimate of drug-likeness (QED) is 0.134. The van der Waals surface area contributed by atoms with Gasteiger partial charge < -0.3 is 9.16 Å². The van der Waals surface area contributed by atoms with Crippen molar-refractivity contribution in [3.8, 4) is 11.5 Å². The molecule has 0 amide bonds. The van der Waals surface area contributed by atoms with Gasteiger partial charge in [-0.05, 0) is 54.0 Å². The molecule has 6 nitrogen and oxygen atoms in total. The van der Waals surface area contributed by atoms with Crippen LogP contribution in [0.4, 0.5) is 5.69 Å². The average molecular weight is 434 g/mol. The van der Waals surface area contributed by atoms with E-state index in [0.717, 1.165) is 17.4 Å². The Morgan fingerprint density at radius 2 is 1.76 bits per heavy atom. The predicted octanol–water partition coefficient (Wildman–Crippen LogP) is 6.25. The molecule has 0 bridgehead atoms. The van der Waals surface area contributed by atoms with E-state index in [9.17, 15) is 14.9 Å². The van der Waals surface area contributed by atoms with Crippen LogP contribution in [-0.4, -0.2) is 19.2 Å². The van der Waals surface area contributed by atoms with Crippen LogP contribution in [0.1, 0.15) is 26.3 Å². The van der Waals surface area contributed by atoms with E-state index in [2.05, 4.69) is 33.9 Å². The standard InChI is InChI=1S/C21H24ClNO5Si/c1-21(2,3)29(4,5)28-17-10-6-15(7-11-17)8-13-20(24)27-19-12-9-16(22)14-18(19)23(25)26/h6-14H,1-5H3/b13-8+. The number of carbonyl (C=O) groups excluding carboxylic acids is 1. The molecule has 0 spiro atoms. The molecule has 0 aliphatic rings. The van der Waals surface area contributed by atoms with Crippen LogP contribution in [0.3, 0.4) is 0 Å². The van der Waals surface area contributed by atoms with Crippen LogP contribution in [-0.2, 0) is 4.79 Å². The summed E-state index contributed by atoms with van der Waals surface area (Å²) in [5, 5.41) is 11.3. The lowest BCUT2D eigenvalue weighted by molar-refractivity contribution is -0.385. The van der Waals surface area contributed by atoms with Crippen LogP contribution in [0.15, 0.2) is 48.5 Å². The van der Waals surface area contributed by atoms with Gasteiger partial charge in [0.15, 0.2) is 0 Å². The van der Waals surface area contributed by atoms with Crippen LogP contribution >= 0.6 is 11.6 Å². The van der Waals surface area contributed by atoms with Crippen molar-refractivity contribution in [2.75, 3.05) is 0 Å². The minimum absolute atomic E-state index is 0.0968. The van der Waals surface area contributed by atoms with E-state index in [1.165, 1.54) is 18.2 Å². The Morgan fingerprint density at radius 1 is 1.14 bits per heavy atom. The number of carbonyl (C=O) groups is 1.